The molecule has 0 spiro atoms. The largest absolute Gasteiger partial charge is 0.314 e. The number of nitrogens with zero attached hydrogens (tertiary/aromatic N) is 2. The van der Waals surface area contributed by atoms with Gasteiger partial charge in [-0.25, -0.2) is 4.39 Å². The number of benzene rings is 1. The maximum absolute atomic E-state index is 13.5. The third-order valence-corrected chi connectivity index (χ3v) is 4.17. The van der Waals surface area contributed by atoms with E-state index in [0.29, 0.717) is 6.04 Å². The van der Waals surface area contributed by atoms with Gasteiger partial charge in [0.25, 0.3) is 0 Å². The Bertz CT molecular complexity index is 489. The zero-order chi connectivity index (χ0) is 15.1. The molecule has 1 atom stereocenters. The third-order valence-electron chi connectivity index (χ3n) is 4.17. The van der Waals surface area contributed by atoms with Gasteiger partial charge >= 0.3 is 0 Å². The van der Waals surface area contributed by atoms with E-state index >= 15 is 0 Å². The van der Waals surface area contributed by atoms with Crippen molar-refractivity contribution in [3.8, 4) is 6.07 Å². The molecule has 0 bridgehead atoms. The van der Waals surface area contributed by atoms with Crippen molar-refractivity contribution in [1.29, 1.82) is 5.26 Å². The molecular formula is C17H24FN3. The summed E-state index contributed by atoms with van der Waals surface area (Å²) < 4.78 is 13.5. The molecule has 1 N–H and O–H groups in total. The number of unbranched alkanes of at least 4 members (excludes halogenated alkanes) is 2. The van der Waals surface area contributed by atoms with Crippen molar-refractivity contribution in [2.75, 3.05) is 26.2 Å². The molecule has 0 radical (unpaired) electrons. The SMILES string of the molecule is CCCCC[C@H](c1ccc(F)c(C#N)c1)N1CCNCC1. The van der Waals surface area contributed by atoms with Crippen molar-refractivity contribution < 1.29 is 4.39 Å². The number of halogens is 1. The molecule has 1 aliphatic rings. The molecule has 1 heterocycles. The van der Waals surface area contributed by atoms with Gasteiger partial charge in [0.15, 0.2) is 0 Å². The van der Waals surface area contributed by atoms with Crippen LogP contribution >= 0.6 is 0 Å². The van der Waals surface area contributed by atoms with Crippen LogP contribution in [0.4, 0.5) is 4.39 Å². The minimum absolute atomic E-state index is 0.156. The smallest absolute Gasteiger partial charge is 0.140 e. The lowest BCUT2D eigenvalue weighted by Gasteiger charge is -2.35. The molecule has 3 nitrogen and oxygen atoms in total. The number of hydrogen-bond acceptors (Lipinski definition) is 3. The quantitative estimate of drug-likeness (QED) is 0.817. The lowest BCUT2D eigenvalue weighted by molar-refractivity contribution is 0.162. The number of rotatable bonds is 6. The van der Waals surface area contributed by atoms with E-state index in [0.717, 1.165) is 38.2 Å². The van der Waals surface area contributed by atoms with Crippen LogP contribution in [-0.2, 0) is 0 Å². The molecule has 1 aromatic carbocycles. The molecule has 0 saturated carbocycles. The summed E-state index contributed by atoms with van der Waals surface area (Å²) in [5.74, 6) is -0.422. The molecule has 1 aromatic rings. The number of nitriles is 1. The Morgan fingerprint density at radius 3 is 2.76 bits per heavy atom. The van der Waals surface area contributed by atoms with Crippen molar-refractivity contribution >= 4 is 0 Å². The van der Waals surface area contributed by atoms with Gasteiger partial charge in [-0.05, 0) is 24.1 Å². The van der Waals surface area contributed by atoms with E-state index in [4.69, 9.17) is 5.26 Å². The fourth-order valence-corrected chi connectivity index (χ4v) is 2.98. The summed E-state index contributed by atoms with van der Waals surface area (Å²) in [5.41, 5.74) is 1.23. The maximum Gasteiger partial charge on any atom is 0.140 e. The van der Waals surface area contributed by atoms with E-state index in [2.05, 4.69) is 17.1 Å². The van der Waals surface area contributed by atoms with E-state index in [1.807, 2.05) is 12.1 Å². The van der Waals surface area contributed by atoms with Crippen LogP contribution < -0.4 is 5.32 Å². The van der Waals surface area contributed by atoms with Gasteiger partial charge in [0, 0.05) is 32.2 Å². The van der Waals surface area contributed by atoms with Crippen LogP contribution in [0.5, 0.6) is 0 Å². The van der Waals surface area contributed by atoms with Crippen LogP contribution in [-0.4, -0.2) is 31.1 Å². The summed E-state index contributed by atoms with van der Waals surface area (Å²) in [6, 6.07) is 7.26. The van der Waals surface area contributed by atoms with Gasteiger partial charge in [-0.3, -0.25) is 4.90 Å². The number of nitrogens with one attached hydrogen (secondary N) is 1. The fourth-order valence-electron chi connectivity index (χ4n) is 2.98. The van der Waals surface area contributed by atoms with Gasteiger partial charge in [0.1, 0.15) is 11.9 Å². The topological polar surface area (TPSA) is 39.1 Å². The molecule has 1 saturated heterocycles. The molecule has 4 heteroatoms. The van der Waals surface area contributed by atoms with Crippen molar-refractivity contribution in [3.05, 3.63) is 35.1 Å². The van der Waals surface area contributed by atoms with E-state index in [1.165, 1.54) is 25.3 Å². The van der Waals surface area contributed by atoms with Crippen LogP contribution in [0, 0.1) is 17.1 Å². The third kappa shape index (κ3) is 4.26. The molecule has 114 valence electrons. The van der Waals surface area contributed by atoms with Gasteiger partial charge in [-0.1, -0.05) is 32.3 Å². The maximum atomic E-state index is 13.5. The monoisotopic (exact) mass is 289 g/mol. The highest BCUT2D eigenvalue weighted by Crippen LogP contribution is 2.28. The molecule has 0 aliphatic carbocycles. The molecule has 0 unspecified atom stereocenters. The van der Waals surface area contributed by atoms with Crippen molar-refractivity contribution in [1.82, 2.24) is 10.2 Å². The van der Waals surface area contributed by atoms with E-state index < -0.39 is 5.82 Å². The minimum atomic E-state index is -0.422. The standard InChI is InChI=1S/C17H24FN3/c1-2-3-4-5-17(21-10-8-20-9-11-21)14-6-7-16(18)15(12-14)13-19/h6-7,12,17,20H,2-5,8-11H2,1H3/t17-/m1/s1. The van der Waals surface area contributed by atoms with Gasteiger partial charge in [-0.2, -0.15) is 5.26 Å². The number of piperazine rings is 1. The first-order chi connectivity index (χ1) is 10.3. The molecule has 1 fully saturated rings. The highest BCUT2D eigenvalue weighted by Gasteiger charge is 2.22. The minimum Gasteiger partial charge on any atom is -0.314 e. The molecule has 21 heavy (non-hydrogen) atoms. The summed E-state index contributed by atoms with van der Waals surface area (Å²) >= 11 is 0. The Kier molecular flexibility index (Phi) is 6.16. The molecule has 2 rings (SSSR count). The second-order valence-electron chi connectivity index (χ2n) is 5.65. The van der Waals surface area contributed by atoms with E-state index in [1.54, 1.807) is 6.07 Å². The Balaban J connectivity index is 2.18. The van der Waals surface area contributed by atoms with E-state index in [-0.39, 0.29) is 5.56 Å². The summed E-state index contributed by atoms with van der Waals surface area (Å²) in [4.78, 5) is 2.46. The van der Waals surface area contributed by atoms with Crippen LogP contribution in [0.3, 0.4) is 0 Å². The predicted molar refractivity (Wildman–Crippen MR) is 82.4 cm³/mol. The number of hydrogen-bond donors (Lipinski definition) is 1. The second kappa shape index (κ2) is 8.11. The normalized spacial score (nSPS) is 17.4. The molecule has 0 aromatic heterocycles. The average molecular weight is 289 g/mol. The average Bonchev–Trinajstić information content (AvgIpc) is 2.53. The molecule has 1 aliphatic heterocycles. The lowest BCUT2D eigenvalue weighted by atomic mass is 9.96. The van der Waals surface area contributed by atoms with Crippen LogP contribution in [0.15, 0.2) is 18.2 Å². The van der Waals surface area contributed by atoms with Crippen LogP contribution in [0.25, 0.3) is 0 Å². The summed E-state index contributed by atoms with van der Waals surface area (Å²) in [7, 11) is 0. The van der Waals surface area contributed by atoms with Gasteiger partial charge in [-0.15, -0.1) is 0 Å². The van der Waals surface area contributed by atoms with Gasteiger partial charge in [0.2, 0.25) is 0 Å². The zero-order valence-electron chi connectivity index (χ0n) is 12.7. The van der Waals surface area contributed by atoms with Crippen molar-refractivity contribution in [2.24, 2.45) is 0 Å². The predicted octanol–water partition coefficient (Wildman–Crippen LogP) is 3.22. The van der Waals surface area contributed by atoms with Crippen molar-refractivity contribution in [3.63, 3.8) is 0 Å². The molecular weight excluding hydrogens is 265 g/mol. The Morgan fingerprint density at radius 1 is 1.33 bits per heavy atom. The highest BCUT2D eigenvalue weighted by atomic mass is 19.1. The highest BCUT2D eigenvalue weighted by molar-refractivity contribution is 5.35. The Hall–Kier alpha value is -1.44. The van der Waals surface area contributed by atoms with Crippen LogP contribution in [0.2, 0.25) is 0 Å². The first-order valence-electron chi connectivity index (χ1n) is 7.90. The fraction of sp³-hybridized carbons (Fsp3) is 0.588. The summed E-state index contributed by atoms with van der Waals surface area (Å²) in [6.45, 7) is 6.21. The van der Waals surface area contributed by atoms with Gasteiger partial charge in [0.05, 0.1) is 5.56 Å². The first kappa shape index (κ1) is 15.9. The van der Waals surface area contributed by atoms with Gasteiger partial charge < -0.3 is 5.32 Å². The zero-order valence-corrected chi connectivity index (χ0v) is 12.7. The van der Waals surface area contributed by atoms with Crippen molar-refractivity contribution in [2.45, 2.75) is 38.6 Å². The Morgan fingerprint density at radius 2 is 2.10 bits per heavy atom. The van der Waals surface area contributed by atoms with E-state index in [9.17, 15) is 4.39 Å². The Labute approximate surface area is 126 Å². The lowest BCUT2D eigenvalue weighted by Crippen LogP contribution is -2.45. The van der Waals surface area contributed by atoms with Crippen LogP contribution in [0.1, 0.15) is 49.8 Å². The summed E-state index contributed by atoms with van der Waals surface area (Å²) in [6.07, 6.45) is 4.66. The first-order valence-corrected chi connectivity index (χ1v) is 7.90. The second-order valence-corrected chi connectivity index (χ2v) is 5.65. The molecule has 0 amide bonds. The summed E-state index contributed by atoms with van der Waals surface area (Å²) in [5, 5.41) is 12.4.